The summed E-state index contributed by atoms with van der Waals surface area (Å²) in [5.74, 6) is 0. The molecule has 2 unspecified atom stereocenters. The Bertz CT molecular complexity index is 898. The highest BCUT2D eigenvalue weighted by atomic mass is 127. The molecule has 0 saturated carbocycles. The number of halogens is 2. The Morgan fingerprint density at radius 1 is 1.17 bits per heavy atom. The minimum atomic E-state index is -3.53. The number of sulfone groups is 1. The van der Waals surface area contributed by atoms with Crippen LogP contribution in [0, 0.1) is 3.57 Å². The average Bonchev–Trinajstić information content (AvgIpc) is 3.00. The van der Waals surface area contributed by atoms with Gasteiger partial charge < -0.3 is 5.32 Å². The van der Waals surface area contributed by atoms with E-state index in [1.165, 1.54) is 5.56 Å². The quantitative estimate of drug-likeness (QED) is 0.673. The summed E-state index contributed by atoms with van der Waals surface area (Å²) in [4.78, 5) is 0.354. The Balaban J connectivity index is 1.96. The van der Waals surface area contributed by atoms with Crippen molar-refractivity contribution in [1.82, 2.24) is 5.32 Å². The topological polar surface area (TPSA) is 46.2 Å². The zero-order chi connectivity index (χ0) is 16.9. The van der Waals surface area contributed by atoms with Gasteiger partial charge >= 0.3 is 0 Å². The number of fused-ring (bicyclic) bond motifs is 3. The van der Waals surface area contributed by atoms with Gasteiger partial charge in [0.2, 0.25) is 0 Å². The van der Waals surface area contributed by atoms with Crippen LogP contribution >= 0.6 is 34.2 Å². The second kappa shape index (κ2) is 5.97. The van der Waals surface area contributed by atoms with Gasteiger partial charge in [-0.2, -0.15) is 0 Å². The molecule has 0 radical (unpaired) electrons. The zero-order valence-corrected chi connectivity index (χ0v) is 16.7. The molecule has 0 aromatic heterocycles. The van der Waals surface area contributed by atoms with E-state index in [2.05, 4.69) is 34.0 Å². The summed E-state index contributed by atoms with van der Waals surface area (Å²) >= 11 is 8.23. The van der Waals surface area contributed by atoms with E-state index in [-0.39, 0.29) is 6.04 Å². The lowest BCUT2D eigenvalue weighted by atomic mass is 9.79. The molecule has 1 saturated heterocycles. The summed E-state index contributed by atoms with van der Waals surface area (Å²) in [6.45, 7) is 0.725. The van der Waals surface area contributed by atoms with Crippen LogP contribution < -0.4 is 5.32 Å². The predicted molar refractivity (Wildman–Crippen MR) is 104 cm³/mol. The van der Waals surface area contributed by atoms with E-state index >= 15 is 0 Å². The number of nitrogens with one attached hydrogen (secondary N) is 1. The van der Waals surface area contributed by atoms with Gasteiger partial charge in [0, 0.05) is 14.6 Å². The largest absolute Gasteiger partial charge is 0.312 e. The summed E-state index contributed by atoms with van der Waals surface area (Å²) in [5.41, 5.74) is 2.14. The van der Waals surface area contributed by atoms with Crippen LogP contribution in [0.5, 0.6) is 0 Å². The Hall–Kier alpha value is -0.630. The highest BCUT2D eigenvalue weighted by molar-refractivity contribution is 14.1. The summed E-state index contributed by atoms with van der Waals surface area (Å²) < 4.78 is 27.6. The lowest BCUT2D eigenvalue weighted by molar-refractivity contribution is 0.416. The molecule has 24 heavy (non-hydrogen) atoms. The molecule has 2 aliphatic rings. The highest BCUT2D eigenvalue weighted by Gasteiger charge is 2.56. The van der Waals surface area contributed by atoms with Gasteiger partial charge in [-0.1, -0.05) is 17.7 Å². The third-order valence-corrected chi connectivity index (χ3v) is 8.76. The van der Waals surface area contributed by atoms with Crippen LogP contribution in [0.2, 0.25) is 5.02 Å². The smallest absolute Gasteiger partial charge is 0.189 e. The second-order valence-electron chi connectivity index (χ2n) is 6.44. The van der Waals surface area contributed by atoms with Crippen molar-refractivity contribution in [3.8, 4) is 0 Å². The maximum absolute atomic E-state index is 13.7. The number of rotatable bonds is 2. The molecule has 6 heteroatoms. The molecule has 2 aromatic carbocycles. The van der Waals surface area contributed by atoms with Crippen molar-refractivity contribution in [2.75, 3.05) is 6.54 Å². The molecule has 1 N–H and O–H groups in total. The molecule has 1 aliphatic heterocycles. The molecule has 126 valence electrons. The fraction of sp³-hybridized carbons (Fsp3) is 0.333. The molecular weight excluding hydrogens is 457 g/mol. The van der Waals surface area contributed by atoms with Crippen LogP contribution in [-0.2, 0) is 21.0 Å². The molecule has 0 bridgehead atoms. The van der Waals surface area contributed by atoms with Crippen molar-refractivity contribution in [3.05, 3.63) is 62.2 Å². The van der Waals surface area contributed by atoms with E-state index < -0.39 is 14.6 Å². The Kier molecular flexibility index (Phi) is 4.18. The maximum atomic E-state index is 13.7. The fourth-order valence-electron chi connectivity index (χ4n) is 4.20. The predicted octanol–water partition coefficient (Wildman–Crippen LogP) is 3.92. The van der Waals surface area contributed by atoms with Crippen molar-refractivity contribution in [2.45, 2.75) is 34.9 Å². The van der Waals surface area contributed by atoms with Crippen molar-refractivity contribution in [1.29, 1.82) is 0 Å². The SMILES string of the molecule is O=S(=O)(c1ccc(Cl)cc1)C12CCNC1CCc1cc(I)ccc12. The van der Waals surface area contributed by atoms with Crippen molar-refractivity contribution < 1.29 is 8.42 Å². The fourth-order valence-corrected chi connectivity index (χ4v) is 7.23. The molecule has 2 aromatic rings. The van der Waals surface area contributed by atoms with Crippen molar-refractivity contribution in [3.63, 3.8) is 0 Å². The Morgan fingerprint density at radius 2 is 1.92 bits per heavy atom. The molecular formula is C18H17ClINO2S. The zero-order valence-electron chi connectivity index (χ0n) is 12.9. The molecule has 1 heterocycles. The molecule has 0 amide bonds. The summed E-state index contributed by atoms with van der Waals surface area (Å²) in [6, 6.07) is 12.7. The molecule has 1 aliphatic carbocycles. The van der Waals surface area contributed by atoms with E-state index in [1.807, 2.05) is 12.1 Å². The lowest BCUT2D eigenvalue weighted by Crippen LogP contribution is -2.49. The van der Waals surface area contributed by atoms with Crippen molar-refractivity contribution in [2.24, 2.45) is 0 Å². The first-order valence-corrected chi connectivity index (χ1v) is 10.9. The molecule has 0 spiro atoms. The lowest BCUT2D eigenvalue weighted by Gasteiger charge is -2.40. The number of benzene rings is 2. The van der Waals surface area contributed by atoms with Crippen LogP contribution in [-0.4, -0.2) is 21.0 Å². The Morgan fingerprint density at radius 3 is 2.67 bits per heavy atom. The average molecular weight is 474 g/mol. The highest BCUT2D eigenvalue weighted by Crippen LogP contribution is 2.49. The van der Waals surface area contributed by atoms with E-state index in [9.17, 15) is 8.42 Å². The first-order valence-electron chi connectivity index (χ1n) is 7.98. The van der Waals surface area contributed by atoms with Gasteiger partial charge in [-0.05, 0) is 95.9 Å². The summed E-state index contributed by atoms with van der Waals surface area (Å²) in [5, 5.41) is 3.98. The van der Waals surface area contributed by atoms with Gasteiger partial charge in [-0.25, -0.2) is 8.42 Å². The monoisotopic (exact) mass is 473 g/mol. The van der Waals surface area contributed by atoms with Crippen LogP contribution in [0.3, 0.4) is 0 Å². The van der Waals surface area contributed by atoms with E-state index in [0.29, 0.717) is 16.3 Å². The third-order valence-electron chi connectivity index (χ3n) is 5.28. The number of hydrogen-bond donors (Lipinski definition) is 1. The van der Waals surface area contributed by atoms with Gasteiger partial charge in [0.05, 0.1) is 4.90 Å². The minimum Gasteiger partial charge on any atom is -0.312 e. The van der Waals surface area contributed by atoms with Gasteiger partial charge in [0.25, 0.3) is 0 Å². The standard InChI is InChI=1S/C18H17ClINO2S/c19-13-2-5-15(6-3-13)24(22,23)18-9-10-21-17(18)8-1-12-11-14(20)4-7-16(12)18/h2-7,11,17,21H,1,8-10H2. The van der Waals surface area contributed by atoms with Crippen LogP contribution in [0.15, 0.2) is 47.4 Å². The Labute approximate surface area is 160 Å². The van der Waals surface area contributed by atoms with Gasteiger partial charge in [0.1, 0.15) is 4.75 Å². The van der Waals surface area contributed by atoms with E-state index in [0.717, 1.165) is 28.5 Å². The molecule has 2 atom stereocenters. The van der Waals surface area contributed by atoms with Crippen molar-refractivity contribution >= 4 is 44.0 Å². The van der Waals surface area contributed by atoms with Gasteiger partial charge in [-0.15, -0.1) is 0 Å². The van der Waals surface area contributed by atoms with Gasteiger partial charge in [0.15, 0.2) is 9.84 Å². The molecule has 4 rings (SSSR count). The van der Waals surface area contributed by atoms with E-state index in [1.54, 1.807) is 24.3 Å². The maximum Gasteiger partial charge on any atom is 0.189 e. The molecule has 3 nitrogen and oxygen atoms in total. The first-order chi connectivity index (χ1) is 11.4. The minimum absolute atomic E-state index is 0.0364. The van der Waals surface area contributed by atoms with Crippen LogP contribution in [0.4, 0.5) is 0 Å². The van der Waals surface area contributed by atoms with Crippen LogP contribution in [0.25, 0.3) is 0 Å². The van der Waals surface area contributed by atoms with Gasteiger partial charge in [-0.3, -0.25) is 0 Å². The third kappa shape index (κ3) is 2.35. The number of aryl methyl sites for hydroxylation is 1. The second-order valence-corrected chi connectivity index (χ2v) is 10.3. The summed E-state index contributed by atoms with van der Waals surface area (Å²) in [7, 11) is -3.53. The normalized spacial score (nSPS) is 26.0. The van der Waals surface area contributed by atoms with Crippen LogP contribution in [0.1, 0.15) is 24.0 Å². The van der Waals surface area contributed by atoms with E-state index in [4.69, 9.17) is 11.6 Å². The number of hydrogen-bond acceptors (Lipinski definition) is 3. The summed E-state index contributed by atoms with van der Waals surface area (Å²) in [6.07, 6.45) is 2.37. The molecule has 1 fully saturated rings. The first kappa shape index (κ1) is 16.8.